The van der Waals surface area contributed by atoms with E-state index >= 15 is 0 Å². The Hall–Kier alpha value is -1.11. The quantitative estimate of drug-likeness (QED) is 0.878. The lowest BCUT2D eigenvalue weighted by molar-refractivity contribution is 0.0937. The number of hydrogen-bond donors (Lipinski definition) is 2. The zero-order valence-corrected chi connectivity index (χ0v) is 13.2. The number of rotatable bonds is 5. The standard InChI is InChI=1S/C13H16BrN3OS/c1-17(2)12(9-3-4-19-8-9)7-16-13(18)11-5-10(14)6-15-11/h3-6,8,12,15H,7H2,1-2H3,(H,16,18)/t12-/m0/s1. The number of carbonyl (C=O) groups excluding carboxylic acids is 1. The molecule has 4 nitrogen and oxygen atoms in total. The third kappa shape index (κ3) is 3.68. The smallest absolute Gasteiger partial charge is 0.267 e. The van der Waals surface area contributed by atoms with Crippen LogP contribution >= 0.6 is 27.3 Å². The first-order valence-corrected chi connectivity index (χ1v) is 7.62. The fraction of sp³-hybridized carbons (Fsp3) is 0.308. The zero-order chi connectivity index (χ0) is 13.8. The summed E-state index contributed by atoms with van der Waals surface area (Å²) in [5.41, 5.74) is 1.79. The first-order chi connectivity index (χ1) is 9.08. The fourth-order valence-electron chi connectivity index (χ4n) is 1.85. The normalized spacial score (nSPS) is 12.6. The summed E-state index contributed by atoms with van der Waals surface area (Å²) in [5, 5.41) is 7.12. The van der Waals surface area contributed by atoms with Crippen molar-refractivity contribution in [2.75, 3.05) is 20.6 Å². The van der Waals surface area contributed by atoms with Crippen LogP contribution in [0.3, 0.4) is 0 Å². The van der Waals surface area contributed by atoms with Crippen molar-refractivity contribution < 1.29 is 4.79 Å². The van der Waals surface area contributed by atoms with Crippen LogP contribution in [0.4, 0.5) is 0 Å². The molecule has 102 valence electrons. The van der Waals surface area contributed by atoms with E-state index in [0.717, 1.165) is 4.47 Å². The van der Waals surface area contributed by atoms with Gasteiger partial charge >= 0.3 is 0 Å². The Morgan fingerprint density at radius 1 is 1.58 bits per heavy atom. The zero-order valence-electron chi connectivity index (χ0n) is 10.8. The summed E-state index contributed by atoms with van der Waals surface area (Å²) in [6.07, 6.45) is 1.75. The Bertz CT molecular complexity index is 536. The van der Waals surface area contributed by atoms with Crippen LogP contribution in [0.1, 0.15) is 22.1 Å². The van der Waals surface area contributed by atoms with E-state index in [9.17, 15) is 4.79 Å². The molecule has 1 amide bonds. The van der Waals surface area contributed by atoms with E-state index < -0.39 is 0 Å². The molecule has 2 rings (SSSR count). The van der Waals surface area contributed by atoms with Crippen LogP contribution in [0.15, 0.2) is 33.6 Å². The number of H-pyrrole nitrogens is 1. The van der Waals surface area contributed by atoms with Crippen molar-refractivity contribution in [3.05, 3.63) is 44.8 Å². The number of hydrogen-bond acceptors (Lipinski definition) is 3. The maximum absolute atomic E-state index is 12.0. The van der Waals surface area contributed by atoms with Crippen molar-refractivity contribution in [3.63, 3.8) is 0 Å². The topological polar surface area (TPSA) is 48.1 Å². The van der Waals surface area contributed by atoms with E-state index in [1.54, 1.807) is 23.6 Å². The molecule has 0 aliphatic rings. The van der Waals surface area contributed by atoms with Gasteiger partial charge in [-0.3, -0.25) is 4.79 Å². The van der Waals surface area contributed by atoms with Crippen molar-refractivity contribution in [1.82, 2.24) is 15.2 Å². The molecule has 0 fully saturated rings. The minimum Gasteiger partial charge on any atom is -0.356 e. The summed E-state index contributed by atoms with van der Waals surface area (Å²) in [5.74, 6) is -0.0900. The predicted octanol–water partition coefficient (Wildman–Crippen LogP) is 2.87. The van der Waals surface area contributed by atoms with Crippen molar-refractivity contribution in [1.29, 1.82) is 0 Å². The lowest BCUT2D eigenvalue weighted by Gasteiger charge is -2.23. The van der Waals surface area contributed by atoms with Crippen LogP contribution in [-0.4, -0.2) is 36.4 Å². The highest BCUT2D eigenvalue weighted by Crippen LogP contribution is 2.20. The molecule has 2 N–H and O–H groups in total. The van der Waals surface area contributed by atoms with Gasteiger partial charge in [0.25, 0.3) is 5.91 Å². The lowest BCUT2D eigenvalue weighted by atomic mass is 10.1. The number of nitrogens with one attached hydrogen (secondary N) is 2. The van der Waals surface area contributed by atoms with Gasteiger partial charge in [0.15, 0.2) is 0 Å². The molecule has 0 radical (unpaired) electrons. The van der Waals surface area contributed by atoms with Crippen molar-refractivity contribution >= 4 is 33.2 Å². The summed E-state index contributed by atoms with van der Waals surface area (Å²) in [7, 11) is 4.03. The highest BCUT2D eigenvalue weighted by molar-refractivity contribution is 9.10. The van der Waals surface area contributed by atoms with Crippen molar-refractivity contribution in [2.24, 2.45) is 0 Å². The maximum atomic E-state index is 12.0. The molecule has 2 aromatic rings. The van der Waals surface area contributed by atoms with E-state index in [1.807, 2.05) is 14.1 Å². The average Bonchev–Trinajstić information content (AvgIpc) is 3.00. The molecule has 0 spiro atoms. The van der Waals surface area contributed by atoms with Gasteiger partial charge in [0.2, 0.25) is 0 Å². The lowest BCUT2D eigenvalue weighted by Crippen LogP contribution is -2.34. The van der Waals surface area contributed by atoms with Gasteiger partial charge in [-0.2, -0.15) is 11.3 Å². The van der Waals surface area contributed by atoms with E-state index in [2.05, 4.69) is 48.0 Å². The van der Waals surface area contributed by atoms with Crippen molar-refractivity contribution in [2.45, 2.75) is 6.04 Å². The molecular weight excluding hydrogens is 326 g/mol. The van der Waals surface area contributed by atoms with E-state index in [-0.39, 0.29) is 11.9 Å². The second-order valence-corrected chi connectivity index (χ2v) is 6.17. The third-order valence-electron chi connectivity index (χ3n) is 2.90. The Balaban J connectivity index is 1.98. The third-order valence-corrected chi connectivity index (χ3v) is 4.06. The number of aromatic amines is 1. The first kappa shape index (κ1) is 14.3. The van der Waals surface area contributed by atoms with Gasteiger partial charge in [-0.15, -0.1) is 0 Å². The fourth-order valence-corrected chi connectivity index (χ4v) is 2.90. The molecular formula is C13H16BrN3OS. The minimum atomic E-state index is -0.0900. The van der Waals surface area contributed by atoms with Crippen LogP contribution in [0.2, 0.25) is 0 Å². The van der Waals surface area contributed by atoms with E-state index in [0.29, 0.717) is 12.2 Å². The van der Waals surface area contributed by atoms with Gasteiger partial charge in [-0.1, -0.05) is 0 Å². The Labute approximate surface area is 125 Å². The maximum Gasteiger partial charge on any atom is 0.267 e. The van der Waals surface area contributed by atoms with Crippen LogP contribution < -0.4 is 5.32 Å². The highest BCUT2D eigenvalue weighted by Gasteiger charge is 2.16. The number of halogens is 1. The Morgan fingerprint density at radius 2 is 2.37 bits per heavy atom. The van der Waals surface area contributed by atoms with E-state index in [1.165, 1.54) is 5.56 Å². The number of carbonyl (C=O) groups is 1. The molecule has 0 unspecified atom stereocenters. The number of likely N-dealkylation sites (N-methyl/N-ethyl adjacent to an activating group) is 1. The highest BCUT2D eigenvalue weighted by atomic mass is 79.9. The van der Waals surface area contributed by atoms with Crippen LogP contribution in [0.25, 0.3) is 0 Å². The number of amides is 1. The molecule has 0 aliphatic carbocycles. The average molecular weight is 342 g/mol. The predicted molar refractivity (Wildman–Crippen MR) is 81.6 cm³/mol. The Kier molecular flexibility index (Phi) is 4.79. The molecule has 0 bridgehead atoms. The van der Waals surface area contributed by atoms with Crippen molar-refractivity contribution in [3.8, 4) is 0 Å². The Morgan fingerprint density at radius 3 is 2.89 bits per heavy atom. The molecule has 1 atom stereocenters. The monoisotopic (exact) mass is 341 g/mol. The summed E-state index contributed by atoms with van der Waals surface area (Å²) < 4.78 is 0.875. The molecule has 2 heterocycles. The molecule has 6 heteroatoms. The second-order valence-electron chi connectivity index (χ2n) is 4.48. The SMILES string of the molecule is CN(C)[C@@H](CNC(=O)c1cc(Br)c[nH]1)c1ccsc1. The van der Waals surface area contributed by atoms with Gasteiger partial charge in [-0.05, 0) is 58.5 Å². The second kappa shape index (κ2) is 6.36. The molecule has 0 aromatic carbocycles. The van der Waals surface area contributed by atoms with Gasteiger partial charge in [0.1, 0.15) is 5.69 Å². The molecule has 19 heavy (non-hydrogen) atoms. The molecule has 0 saturated heterocycles. The van der Waals surface area contributed by atoms with Gasteiger partial charge in [0.05, 0.1) is 6.04 Å². The minimum absolute atomic E-state index is 0.0900. The van der Waals surface area contributed by atoms with Gasteiger partial charge < -0.3 is 15.2 Å². The van der Waals surface area contributed by atoms with Crippen LogP contribution in [0.5, 0.6) is 0 Å². The van der Waals surface area contributed by atoms with E-state index in [4.69, 9.17) is 0 Å². The summed E-state index contributed by atoms with van der Waals surface area (Å²) >= 11 is 4.98. The molecule has 0 aliphatic heterocycles. The molecule has 2 aromatic heterocycles. The van der Waals surface area contributed by atoms with Gasteiger partial charge in [0, 0.05) is 17.2 Å². The number of thiophene rings is 1. The number of nitrogens with zero attached hydrogens (tertiary/aromatic N) is 1. The van der Waals surface area contributed by atoms with Gasteiger partial charge in [-0.25, -0.2) is 0 Å². The summed E-state index contributed by atoms with van der Waals surface area (Å²) in [6.45, 7) is 0.583. The first-order valence-electron chi connectivity index (χ1n) is 5.88. The van der Waals surface area contributed by atoms with Crippen LogP contribution in [-0.2, 0) is 0 Å². The molecule has 0 saturated carbocycles. The number of aromatic nitrogens is 1. The summed E-state index contributed by atoms with van der Waals surface area (Å²) in [6, 6.07) is 4.05. The summed E-state index contributed by atoms with van der Waals surface area (Å²) in [4.78, 5) is 17.0. The largest absolute Gasteiger partial charge is 0.356 e. The van der Waals surface area contributed by atoms with Crippen LogP contribution in [0, 0.1) is 0 Å².